The first-order chi connectivity index (χ1) is 2.91. The van der Waals surface area contributed by atoms with Crippen molar-refractivity contribution in [3.05, 3.63) is 4.91 Å². The number of hydrogen-bond donors (Lipinski definition) is 2. The van der Waals surface area contributed by atoms with Crippen LogP contribution < -0.4 is 11.4 Å². The molecule has 0 rings (SSSR count). The Hall–Kier alpha value is -1.04. The molecule has 0 fully saturated rings. The molecule has 0 aliphatic carbocycles. The summed E-state index contributed by atoms with van der Waals surface area (Å²) in [6, 6.07) is 0. The van der Waals surface area contributed by atoms with Gasteiger partial charge in [-0.15, -0.1) is 4.91 Å². The average molecular weight is 89.1 g/mol. The molecule has 3 N–H and O–H groups in total. The van der Waals surface area contributed by atoms with Crippen molar-refractivity contribution < 1.29 is 0 Å². The van der Waals surface area contributed by atoms with Gasteiger partial charge in [-0.2, -0.15) is 0 Å². The predicted octanol–water partition coefficient (Wildman–Crippen LogP) is -0.502. The van der Waals surface area contributed by atoms with Crippen LogP contribution in [0.2, 0.25) is 0 Å². The van der Waals surface area contributed by atoms with Gasteiger partial charge in [-0.3, -0.25) is 0 Å². The van der Waals surface area contributed by atoms with Gasteiger partial charge in [-0.05, 0) is 5.22 Å². The largest absolute Gasteiger partial charge is 0.233 e. The Labute approximate surface area is 33.3 Å². The zero-order valence-corrected chi connectivity index (χ0v) is 2.83. The van der Waals surface area contributed by atoms with Crippen molar-refractivity contribution in [1.82, 2.24) is 5.53 Å². The molecule has 0 aliphatic heterocycles. The van der Waals surface area contributed by atoms with E-state index >= 15 is 0 Å². The maximum absolute atomic E-state index is 8.96. The van der Waals surface area contributed by atoms with Crippen molar-refractivity contribution in [3.8, 4) is 0 Å². The number of hydrogen-bond acceptors (Lipinski definition) is 3. The third-order valence-corrected chi connectivity index (χ3v) is 0.139. The number of nitrogens with one attached hydrogen (secondary N) is 1. The first-order valence-electron chi connectivity index (χ1n) is 1.09. The van der Waals surface area contributed by atoms with Crippen molar-refractivity contribution in [2.45, 2.75) is 0 Å². The summed E-state index contributed by atoms with van der Waals surface area (Å²) in [4.78, 5) is 8.96. The van der Waals surface area contributed by atoms with E-state index in [4.69, 9.17) is 4.91 Å². The first-order valence-corrected chi connectivity index (χ1v) is 1.09. The fourth-order valence-electron chi connectivity index (χ4n) is 0.0441. The number of rotatable bonds is 2. The van der Waals surface area contributed by atoms with Gasteiger partial charge in [0, 0.05) is 5.22 Å². The molecule has 0 heterocycles. The Kier molecular flexibility index (Phi) is 3.27. The van der Waals surface area contributed by atoms with Crippen LogP contribution in [0.1, 0.15) is 0 Å². The molecule has 0 aromatic carbocycles. The minimum absolute atomic E-state index is 1.73. The van der Waals surface area contributed by atoms with Crippen LogP contribution in [-0.2, 0) is 0 Å². The lowest BCUT2D eigenvalue weighted by Crippen LogP contribution is -2.12. The molecule has 0 saturated carbocycles. The van der Waals surface area contributed by atoms with Crippen LogP contribution >= 0.6 is 0 Å². The molecule has 6 nitrogen and oxygen atoms in total. The maximum Gasteiger partial charge on any atom is 0.102 e. The molecule has 6 heteroatoms. The van der Waals surface area contributed by atoms with Gasteiger partial charge in [0.25, 0.3) is 0 Å². The lowest BCUT2D eigenvalue weighted by Gasteiger charge is -1.72. The van der Waals surface area contributed by atoms with Crippen LogP contribution in [0.25, 0.3) is 0 Å². The highest BCUT2D eigenvalue weighted by atomic mass is 16.3. The van der Waals surface area contributed by atoms with Gasteiger partial charge in [-0.25, -0.2) is 11.4 Å². The van der Waals surface area contributed by atoms with E-state index in [1.165, 1.54) is 0 Å². The molecule has 0 aromatic heterocycles. The van der Waals surface area contributed by atoms with Gasteiger partial charge < -0.3 is 0 Å². The molecule has 6 heavy (non-hydrogen) atoms. The van der Waals surface area contributed by atoms with Crippen LogP contribution in [0.15, 0.2) is 15.7 Å². The highest BCUT2D eigenvalue weighted by molar-refractivity contribution is 4.07. The zero-order chi connectivity index (χ0) is 4.83. The monoisotopic (exact) mass is 89.0 g/mol. The molecule has 34 valence electrons. The van der Waals surface area contributed by atoms with Gasteiger partial charge in [0.15, 0.2) is 0 Å². The van der Waals surface area contributed by atoms with E-state index in [1.807, 2.05) is 5.29 Å². The zero-order valence-electron chi connectivity index (χ0n) is 2.83. The quantitative estimate of drug-likeness (QED) is 0.206. The Morgan fingerprint density at radius 3 is 2.50 bits per heavy atom. The van der Waals surface area contributed by atoms with E-state index < -0.39 is 0 Å². The molecule has 0 aromatic rings. The molecular weight excluding hydrogens is 86.0 g/mol. The van der Waals surface area contributed by atoms with Crippen molar-refractivity contribution in [2.24, 2.45) is 21.6 Å². The summed E-state index contributed by atoms with van der Waals surface area (Å²) < 4.78 is 0. The maximum atomic E-state index is 8.96. The average Bonchev–Trinajstić information content (AvgIpc) is 1.61. The molecule has 0 bridgehead atoms. The topological polar surface area (TPSA) is 92.2 Å². The summed E-state index contributed by atoms with van der Waals surface area (Å²) in [5.41, 5.74) is 1.73. The van der Waals surface area contributed by atoms with E-state index in [9.17, 15) is 0 Å². The molecule has 0 aliphatic rings. The van der Waals surface area contributed by atoms with E-state index in [0.29, 0.717) is 0 Å². The lowest BCUT2D eigenvalue weighted by atomic mass is 12.4. The van der Waals surface area contributed by atoms with Crippen molar-refractivity contribution in [3.63, 3.8) is 0 Å². The van der Waals surface area contributed by atoms with E-state index in [0.717, 1.165) is 0 Å². The van der Waals surface area contributed by atoms with Crippen LogP contribution in [0.4, 0.5) is 0 Å². The highest BCUT2D eigenvalue weighted by Gasteiger charge is 1.55. The van der Waals surface area contributed by atoms with Crippen molar-refractivity contribution >= 4 is 0 Å². The molecule has 0 spiro atoms. The summed E-state index contributed by atoms with van der Waals surface area (Å²) in [5, 5.41) is 7.30. The Morgan fingerprint density at radius 1 is 1.67 bits per heavy atom. The second kappa shape index (κ2) is 3.96. The van der Waals surface area contributed by atoms with Crippen molar-refractivity contribution in [2.75, 3.05) is 0 Å². The van der Waals surface area contributed by atoms with Gasteiger partial charge in [0.2, 0.25) is 0 Å². The standard InChI is InChI=1S/H3N5O/c1-2-3-4-5-6/h(H2,1,3,5)(H,2,4,6). The Bertz CT molecular complexity index is 55.0. The van der Waals surface area contributed by atoms with Crippen LogP contribution in [0, 0.1) is 4.91 Å². The molecule has 0 atom stereocenters. The predicted molar refractivity (Wildman–Crippen MR) is 18.0 cm³/mol. The van der Waals surface area contributed by atoms with E-state index in [-0.39, 0.29) is 0 Å². The number of nitroso groups, excluding NO2 is 1. The number of nitrogens with zero attached hydrogens (tertiary/aromatic N) is 3. The smallest absolute Gasteiger partial charge is 0.102 e. The minimum Gasteiger partial charge on any atom is -0.233 e. The molecule has 0 radical (unpaired) electrons. The highest BCUT2D eigenvalue weighted by Crippen LogP contribution is 1.62. The fourth-order valence-corrected chi connectivity index (χ4v) is 0.0441. The molecular formula is H3N5O. The fraction of sp³-hybridized carbons (Fsp3) is 0. The first kappa shape index (κ1) is 4.96. The summed E-state index contributed by atoms with van der Waals surface area (Å²) in [5.74, 6) is 4.51. The van der Waals surface area contributed by atoms with Gasteiger partial charge >= 0.3 is 0 Å². The summed E-state index contributed by atoms with van der Waals surface area (Å²) in [6.07, 6.45) is 0. The second-order valence-corrected chi connectivity index (χ2v) is 0.400. The lowest BCUT2D eigenvalue weighted by molar-refractivity contribution is 0.718. The number of nitrogens with two attached hydrogens (primary N) is 1. The summed E-state index contributed by atoms with van der Waals surface area (Å²) >= 11 is 0. The molecule has 0 unspecified atom stereocenters. The Balaban J connectivity index is 2.94. The molecule has 0 amide bonds. The molecule has 0 saturated heterocycles. The van der Waals surface area contributed by atoms with Crippen LogP contribution in [0.5, 0.6) is 0 Å². The third kappa shape index (κ3) is 2.96. The summed E-state index contributed by atoms with van der Waals surface area (Å²) in [6.45, 7) is 0. The Morgan fingerprint density at radius 2 is 2.33 bits per heavy atom. The van der Waals surface area contributed by atoms with Crippen LogP contribution in [0.3, 0.4) is 0 Å². The second-order valence-electron chi connectivity index (χ2n) is 0.400. The normalized spacial score (nSPS) is 8.83. The van der Waals surface area contributed by atoms with Gasteiger partial charge in [-0.1, -0.05) is 0 Å². The number of hydrazine groups is 1. The SMILES string of the molecule is NNN=NN=O. The summed E-state index contributed by atoms with van der Waals surface area (Å²) in [7, 11) is 0. The van der Waals surface area contributed by atoms with Crippen molar-refractivity contribution in [1.29, 1.82) is 0 Å². The third-order valence-electron chi connectivity index (χ3n) is 0.139. The van der Waals surface area contributed by atoms with E-state index in [1.54, 1.807) is 5.53 Å². The minimum atomic E-state index is 1.73. The van der Waals surface area contributed by atoms with Gasteiger partial charge in [0.05, 0.1) is 0 Å². The van der Waals surface area contributed by atoms with E-state index in [2.05, 4.69) is 16.3 Å². The van der Waals surface area contributed by atoms with Gasteiger partial charge in [0.1, 0.15) is 5.29 Å². The van der Waals surface area contributed by atoms with Crippen LogP contribution in [-0.4, -0.2) is 0 Å².